The summed E-state index contributed by atoms with van der Waals surface area (Å²) in [6, 6.07) is 12.4. The number of fused-ring (bicyclic) bond motifs is 3. The number of imidazole rings is 1. The first-order valence-corrected chi connectivity index (χ1v) is 12.0. The summed E-state index contributed by atoms with van der Waals surface area (Å²) in [5, 5.41) is 10.7. The van der Waals surface area contributed by atoms with Crippen LogP contribution in [-0.2, 0) is 4.79 Å². The lowest BCUT2D eigenvalue weighted by Gasteiger charge is -2.56. The molecule has 4 saturated carbocycles. The molecule has 152 valence electrons. The van der Waals surface area contributed by atoms with E-state index in [4.69, 9.17) is 4.98 Å². The molecule has 4 bridgehead atoms. The molecule has 0 unspecified atom stereocenters. The van der Waals surface area contributed by atoms with Crippen molar-refractivity contribution in [3.8, 4) is 6.07 Å². The summed E-state index contributed by atoms with van der Waals surface area (Å²) in [5.41, 5.74) is 4.05. The molecule has 0 aliphatic heterocycles. The summed E-state index contributed by atoms with van der Waals surface area (Å²) in [5.74, 6) is 3.31. The largest absolute Gasteiger partial charge is 0.298 e. The second-order valence-corrected chi connectivity index (χ2v) is 10.8. The van der Waals surface area contributed by atoms with E-state index >= 15 is 0 Å². The third-order valence-electron chi connectivity index (χ3n) is 7.83. The molecule has 4 fully saturated rings. The highest BCUT2D eigenvalue weighted by atomic mass is 32.2. The zero-order valence-corrected chi connectivity index (χ0v) is 18.0. The van der Waals surface area contributed by atoms with Crippen molar-refractivity contribution in [2.75, 3.05) is 5.75 Å². The van der Waals surface area contributed by atoms with E-state index in [1.165, 1.54) is 19.3 Å². The smallest absolute Gasteiger partial charge is 0.157 e. The van der Waals surface area contributed by atoms with Gasteiger partial charge in [-0.15, -0.1) is 0 Å². The quantitative estimate of drug-likeness (QED) is 0.525. The number of nitrogens with zero attached hydrogens (tertiary/aromatic N) is 3. The number of carbonyl (C=O) groups is 1. The monoisotopic (exact) mass is 415 g/mol. The first-order valence-electron chi connectivity index (χ1n) is 11.0. The third kappa shape index (κ3) is 2.66. The minimum atomic E-state index is -0.0560. The van der Waals surface area contributed by atoms with Gasteiger partial charge in [-0.25, -0.2) is 4.98 Å². The van der Waals surface area contributed by atoms with Crippen LogP contribution in [0.3, 0.4) is 0 Å². The van der Waals surface area contributed by atoms with Crippen molar-refractivity contribution in [3.05, 3.63) is 41.5 Å². The highest BCUT2D eigenvalue weighted by Crippen LogP contribution is 2.60. The van der Waals surface area contributed by atoms with Crippen molar-refractivity contribution in [1.82, 2.24) is 9.38 Å². The van der Waals surface area contributed by atoms with Crippen molar-refractivity contribution in [2.24, 2.45) is 23.2 Å². The number of ketones is 1. The summed E-state index contributed by atoms with van der Waals surface area (Å²) >= 11 is 1.62. The first kappa shape index (κ1) is 18.4. The molecule has 0 atom stereocenters. The molecule has 0 radical (unpaired) electrons. The van der Waals surface area contributed by atoms with Gasteiger partial charge >= 0.3 is 0 Å². The van der Waals surface area contributed by atoms with Gasteiger partial charge in [-0.3, -0.25) is 9.20 Å². The normalized spacial score (nSPS) is 29.5. The number of hydrogen-bond acceptors (Lipinski definition) is 4. The molecule has 3 aromatic rings. The van der Waals surface area contributed by atoms with Crippen LogP contribution in [0.4, 0.5) is 0 Å². The van der Waals surface area contributed by atoms with Crippen molar-refractivity contribution in [2.45, 2.75) is 50.5 Å². The molecule has 0 saturated heterocycles. The molecule has 2 aromatic heterocycles. The van der Waals surface area contributed by atoms with E-state index in [1.807, 2.05) is 31.2 Å². The second kappa shape index (κ2) is 6.59. The van der Waals surface area contributed by atoms with Gasteiger partial charge in [0.15, 0.2) is 5.65 Å². The number of thioether (sulfide) groups is 1. The lowest BCUT2D eigenvalue weighted by Crippen LogP contribution is -2.50. The van der Waals surface area contributed by atoms with Crippen molar-refractivity contribution >= 4 is 34.2 Å². The Morgan fingerprint density at radius 1 is 1.20 bits per heavy atom. The molecule has 7 rings (SSSR count). The van der Waals surface area contributed by atoms with Crippen LogP contribution in [0.25, 0.3) is 16.7 Å². The number of para-hydroxylation sites is 2. The number of Topliss-reactive ketones (excluding diaryl/α,β-unsaturated/α-hetero) is 1. The number of aryl methyl sites for hydroxylation is 1. The van der Waals surface area contributed by atoms with E-state index in [1.54, 1.807) is 11.8 Å². The van der Waals surface area contributed by atoms with Crippen LogP contribution in [0.2, 0.25) is 0 Å². The summed E-state index contributed by atoms with van der Waals surface area (Å²) in [6.07, 6.45) is 7.43. The molecule has 4 nitrogen and oxygen atoms in total. The van der Waals surface area contributed by atoms with Crippen LogP contribution in [0.5, 0.6) is 0 Å². The van der Waals surface area contributed by atoms with E-state index < -0.39 is 0 Å². The number of carbonyl (C=O) groups excluding carboxylic acids is 1. The summed E-state index contributed by atoms with van der Waals surface area (Å²) in [7, 11) is 0. The molecular formula is C25H25N3OS. The molecule has 2 heterocycles. The van der Waals surface area contributed by atoms with E-state index in [-0.39, 0.29) is 5.41 Å². The van der Waals surface area contributed by atoms with E-state index in [2.05, 4.69) is 16.5 Å². The maximum atomic E-state index is 13.5. The topological polar surface area (TPSA) is 58.2 Å². The fraction of sp³-hybridized carbons (Fsp3) is 0.480. The first-order chi connectivity index (χ1) is 14.6. The molecule has 0 N–H and O–H groups in total. The second-order valence-electron chi connectivity index (χ2n) is 9.82. The number of pyridine rings is 1. The van der Waals surface area contributed by atoms with E-state index in [0.717, 1.165) is 58.6 Å². The van der Waals surface area contributed by atoms with E-state index in [0.29, 0.717) is 22.7 Å². The number of aromatic nitrogens is 2. The zero-order chi connectivity index (χ0) is 20.5. The van der Waals surface area contributed by atoms with Gasteiger partial charge in [-0.1, -0.05) is 23.9 Å². The fourth-order valence-corrected chi connectivity index (χ4v) is 8.06. The highest BCUT2D eigenvalue weighted by Gasteiger charge is 2.54. The molecule has 4 aliphatic carbocycles. The Bertz CT molecular complexity index is 1200. The minimum absolute atomic E-state index is 0.0560. The molecule has 0 amide bonds. The molecule has 5 heteroatoms. The van der Waals surface area contributed by atoms with Crippen molar-refractivity contribution in [1.29, 1.82) is 5.26 Å². The van der Waals surface area contributed by atoms with Gasteiger partial charge in [-0.2, -0.15) is 5.26 Å². The SMILES string of the molecule is Cc1cc(SCC(=O)C23CC4CC(CC(C4)C2)C3)n2c(nc3ccccc32)c1C#N. The Hall–Kier alpha value is -2.32. The Morgan fingerprint density at radius 2 is 1.87 bits per heavy atom. The predicted molar refractivity (Wildman–Crippen MR) is 118 cm³/mol. The fourth-order valence-electron chi connectivity index (χ4n) is 6.90. The van der Waals surface area contributed by atoms with Crippen molar-refractivity contribution < 1.29 is 4.79 Å². The molecule has 30 heavy (non-hydrogen) atoms. The van der Waals surface area contributed by atoms with Crippen LogP contribution >= 0.6 is 11.8 Å². The van der Waals surface area contributed by atoms with Gasteiger partial charge in [0.25, 0.3) is 0 Å². The maximum absolute atomic E-state index is 13.5. The summed E-state index contributed by atoms with van der Waals surface area (Å²) in [4.78, 5) is 18.2. The van der Waals surface area contributed by atoms with Gasteiger partial charge in [0.1, 0.15) is 11.9 Å². The zero-order valence-electron chi connectivity index (χ0n) is 17.2. The van der Waals surface area contributed by atoms with Crippen molar-refractivity contribution in [3.63, 3.8) is 0 Å². The maximum Gasteiger partial charge on any atom is 0.157 e. The number of nitriles is 1. The molecular weight excluding hydrogens is 390 g/mol. The van der Waals surface area contributed by atoms with Crippen LogP contribution in [0.1, 0.15) is 49.7 Å². The van der Waals surface area contributed by atoms with Gasteiger partial charge in [0, 0.05) is 5.41 Å². The lowest BCUT2D eigenvalue weighted by molar-refractivity contribution is -0.141. The Kier molecular flexibility index (Phi) is 4.05. The van der Waals surface area contributed by atoms with Crippen LogP contribution < -0.4 is 0 Å². The molecule has 4 aliphatic rings. The minimum Gasteiger partial charge on any atom is -0.298 e. The highest BCUT2D eigenvalue weighted by molar-refractivity contribution is 7.99. The predicted octanol–water partition coefficient (Wildman–Crippen LogP) is 5.55. The Balaban J connectivity index is 1.36. The third-order valence-corrected chi connectivity index (χ3v) is 8.83. The number of benzene rings is 1. The lowest BCUT2D eigenvalue weighted by atomic mass is 9.48. The van der Waals surface area contributed by atoms with Crippen LogP contribution in [0, 0.1) is 41.4 Å². The number of hydrogen-bond donors (Lipinski definition) is 0. The average Bonchev–Trinajstić information content (AvgIpc) is 3.10. The molecule has 0 spiro atoms. The summed E-state index contributed by atoms with van der Waals surface area (Å²) < 4.78 is 2.07. The van der Waals surface area contributed by atoms with Gasteiger partial charge in [0.05, 0.1) is 27.4 Å². The number of rotatable bonds is 4. The van der Waals surface area contributed by atoms with E-state index in [9.17, 15) is 10.1 Å². The Morgan fingerprint density at radius 3 is 2.53 bits per heavy atom. The average molecular weight is 416 g/mol. The van der Waals surface area contributed by atoms with Gasteiger partial charge in [0.2, 0.25) is 0 Å². The standard InChI is InChI=1S/C25H25N3OS/c1-15-6-23(28-21-5-3-2-4-20(21)27-24(28)19(15)13-26)30-14-22(29)25-10-16-7-17(11-25)9-18(8-16)12-25/h2-6,16-18H,7-12,14H2,1H3. The van der Waals surface area contributed by atoms with Crippen LogP contribution in [0.15, 0.2) is 35.4 Å². The van der Waals surface area contributed by atoms with Crippen LogP contribution in [-0.4, -0.2) is 20.9 Å². The molecule has 1 aromatic carbocycles. The van der Waals surface area contributed by atoms with Gasteiger partial charge in [-0.05, 0) is 87.0 Å². The Labute approximate surface area is 180 Å². The van der Waals surface area contributed by atoms with Gasteiger partial charge < -0.3 is 0 Å². The summed E-state index contributed by atoms with van der Waals surface area (Å²) in [6.45, 7) is 1.96.